The monoisotopic (exact) mass is 880 g/mol. The number of nitrogens with one attached hydrogen (secondary N) is 2. The quantitative estimate of drug-likeness (QED) is 0.177. The molecule has 4 nitrogen and oxygen atoms in total. The number of aromatic amines is 2. The van der Waals surface area contributed by atoms with Gasteiger partial charge in [-0.15, -0.1) is 0 Å². The van der Waals surface area contributed by atoms with Gasteiger partial charge in [0.2, 0.25) is 0 Å². The molecule has 2 aromatic heterocycles. The van der Waals surface area contributed by atoms with Crippen LogP contribution in [0.2, 0.25) is 0 Å². The summed E-state index contributed by atoms with van der Waals surface area (Å²) in [7, 11) is 0. The van der Waals surface area contributed by atoms with Gasteiger partial charge in [-0.3, -0.25) is 0 Å². The van der Waals surface area contributed by atoms with Gasteiger partial charge in [-0.25, -0.2) is 9.98 Å². The van der Waals surface area contributed by atoms with E-state index in [0.717, 1.165) is 90.1 Å². The molecule has 0 aliphatic carbocycles. The average Bonchev–Trinajstić information content (AvgIpc) is 4.19. The molecule has 0 saturated carbocycles. The van der Waals surface area contributed by atoms with Crippen molar-refractivity contribution in [3.05, 3.63) is 259 Å². The first kappa shape index (κ1) is 42.8. The van der Waals surface area contributed by atoms with Crippen LogP contribution in [-0.4, -0.2) is 21.4 Å². The van der Waals surface area contributed by atoms with Gasteiger partial charge in [0.05, 0.1) is 22.8 Å². The lowest BCUT2D eigenvalue weighted by Gasteiger charge is -2.22. The number of hydrogen-bond acceptors (Lipinski definition) is 2. The number of allylic oxidation sites excluding steroid dienone is 2. The molecule has 10 bridgehead atoms. The van der Waals surface area contributed by atoms with Crippen LogP contribution in [0, 0.1) is 0 Å². The topological polar surface area (TPSA) is 56.3 Å². The first-order chi connectivity index (χ1) is 33.1. The van der Waals surface area contributed by atoms with E-state index in [0.29, 0.717) is 11.8 Å². The van der Waals surface area contributed by atoms with E-state index >= 15 is 0 Å². The van der Waals surface area contributed by atoms with Crippen LogP contribution in [0.1, 0.15) is 155 Å². The van der Waals surface area contributed by atoms with Crippen LogP contribution in [0.3, 0.4) is 0 Å². The lowest BCUT2D eigenvalue weighted by Crippen LogP contribution is -2.10. The highest BCUT2D eigenvalue weighted by Gasteiger charge is 2.29. The van der Waals surface area contributed by atoms with Gasteiger partial charge in [0.1, 0.15) is 0 Å². The molecule has 2 N–H and O–H groups in total. The first-order valence-corrected chi connectivity index (χ1v) is 24.2. The molecule has 2 unspecified atom stereocenters. The second kappa shape index (κ2) is 17.8. The normalized spacial score (nSPS) is 17.6. The molecule has 68 heavy (non-hydrogen) atoms. The molecule has 6 aromatic carbocycles. The van der Waals surface area contributed by atoms with Crippen molar-refractivity contribution in [2.75, 3.05) is 0 Å². The Bertz CT molecular complexity index is 3410. The smallest absolute Gasteiger partial charge is 0.0791 e. The Morgan fingerprint density at radius 2 is 0.941 bits per heavy atom. The minimum Gasteiger partial charge on any atom is -0.355 e. The molecular formula is C64H56N4. The highest BCUT2D eigenvalue weighted by molar-refractivity contribution is 6.23. The molecule has 0 fully saturated rings. The number of fused-ring (bicyclic) bond motifs is 17. The van der Waals surface area contributed by atoms with Crippen LogP contribution in [0.5, 0.6) is 0 Å². The van der Waals surface area contributed by atoms with Gasteiger partial charge in [0.25, 0.3) is 0 Å². The second-order valence-electron chi connectivity index (χ2n) is 19.2. The molecule has 332 valence electrons. The molecule has 2 atom stereocenters. The van der Waals surface area contributed by atoms with Gasteiger partial charge in [-0.05, 0) is 117 Å². The van der Waals surface area contributed by atoms with Gasteiger partial charge in [0.15, 0.2) is 0 Å². The van der Waals surface area contributed by atoms with E-state index in [1.165, 1.54) is 33.4 Å². The first-order valence-electron chi connectivity index (χ1n) is 24.2. The van der Waals surface area contributed by atoms with Crippen molar-refractivity contribution in [1.29, 1.82) is 0 Å². The maximum atomic E-state index is 5.57. The number of rotatable bonds is 4. The standard InChI is InChI=1S/C64H56N4/c1-39(2)45-25-28-55-56(36-45)42(6)58(32-44-19-11-8-12-20-44)60-30-27-49(66-60)37-61-51-21-13-15-23-53(51)63(67-61)48-34-46(40(3)4)33-47(35-48)41(5)57(31-43-17-9-7-10-18-43)59-29-26-50(65-59)38-62-52-22-14-16-24-54(52)64(55)68-62/h7-42,65-66H,1-6H3/b57-31+,58-32?,61-37?,62-38?. The van der Waals surface area contributed by atoms with Crippen LogP contribution < -0.4 is 0 Å². The summed E-state index contributed by atoms with van der Waals surface area (Å²) in [6, 6.07) is 61.8. The van der Waals surface area contributed by atoms with Crippen molar-refractivity contribution >= 4 is 58.3 Å². The third kappa shape index (κ3) is 8.11. The Labute approximate surface area is 401 Å². The fraction of sp³-hybridized carbons (Fsp3) is 0.156. The zero-order valence-corrected chi connectivity index (χ0v) is 39.7. The third-order valence-electron chi connectivity index (χ3n) is 14.1. The summed E-state index contributed by atoms with van der Waals surface area (Å²) in [6.45, 7) is 13.8. The Morgan fingerprint density at radius 3 is 1.50 bits per heavy atom. The Balaban J connectivity index is 1.17. The fourth-order valence-corrected chi connectivity index (χ4v) is 10.2. The van der Waals surface area contributed by atoms with Crippen molar-refractivity contribution < 1.29 is 0 Å². The maximum Gasteiger partial charge on any atom is 0.0791 e. The number of benzene rings is 6. The predicted molar refractivity (Wildman–Crippen MR) is 288 cm³/mol. The Kier molecular flexibility index (Phi) is 11.2. The minimum absolute atomic E-state index is 0.00500. The zero-order valence-electron chi connectivity index (χ0n) is 39.7. The summed E-state index contributed by atoms with van der Waals surface area (Å²) in [5.74, 6) is 0.715. The number of aliphatic imine (C=N–C) groups is 2. The van der Waals surface area contributed by atoms with Crippen LogP contribution in [0.15, 0.2) is 180 Å². The second-order valence-corrected chi connectivity index (χ2v) is 19.2. The molecule has 4 heteroatoms. The minimum atomic E-state index is -0.00500. The van der Waals surface area contributed by atoms with E-state index in [9.17, 15) is 0 Å². The fourth-order valence-electron chi connectivity index (χ4n) is 10.2. The molecule has 0 spiro atoms. The molecule has 3 aliphatic rings. The molecule has 5 heterocycles. The molecule has 0 saturated heterocycles. The SMILES string of the molecule is CC(C)c1cc2cc(c1)C(C)/C(=C\c1ccccc1)c1ccc([nH]1)C=C1N=C(c3ccccc31)c1ccc(C(C)C)cc1C(C)C(=Cc1ccccc1)c1ccc([nH]1)C=C1N=C2c2ccccc21. The molecule has 8 aromatic rings. The Morgan fingerprint density at radius 1 is 0.441 bits per heavy atom. The molecule has 0 radical (unpaired) electrons. The summed E-state index contributed by atoms with van der Waals surface area (Å²) in [5.41, 5.74) is 24.7. The molecular weight excluding hydrogens is 825 g/mol. The van der Waals surface area contributed by atoms with E-state index in [1.807, 2.05) is 0 Å². The summed E-state index contributed by atoms with van der Waals surface area (Å²) in [6.07, 6.45) is 9.13. The van der Waals surface area contributed by atoms with Crippen LogP contribution in [0.25, 0.3) is 46.8 Å². The highest BCUT2D eigenvalue weighted by atomic mass is 14.8. The van der Waals surface area contributed by atoms with Crippen molar-refractivity contribution in [2.45, 2.75) is 65.2 Å². The number of aromatic nitrogens is 2. The maximum absolute atomic E-state index is 5.57. The number of hydrogen-bond donors (Lipinski definition) is 2. The van der Waals surface area contributed by atoms with Crippen LogP contribution >= 0.6 is 0 Å². The average molecular weight is 881 g/mol. The molecule has 0 amide bonds. The third-order valence-corrected chi connectivity index (χ3v) is 14.1. The van der Waals surface area contributed by atoms with Gasteiger partial charge in [0, 0.05) is 68.0 Å². The number of nitrogens with zero attached hydrogens (tertiary/aromatic N) is 2. The van der Waals surface area contributed by atoms with E-state index in [4.69, 9.17) is 9.98 Å². The van der Waals surface area contributed by atoms with Crippen molar-refractivity contribution in [3.63, 3.8) is 0 Å². The van der Waals surface area contributed by atoms with Gasteiger partial charge < -0.3 is 9.97 Å². The summed E-state index contributed by atoms with van der Waals surface area (Å²) in [4.78, 5) is 18.8. The van der Waals surface area contributed by atoms with E-state index in [1.54, 1.807) is 0 Å². The van der Waals surface area contributed by atoms with E-state index in [2.05, 4.69) is 246 Å². The molecule has 11 rings (SSSR count). The van der Waals surface area contributed by atoms with Gasteiger partial charge in [-0.1, -0.05) is 175 Å². The lowest BCUT2D eigenvalue weighted by molar-refractivity contribution is 0.857. The van der Waals surface area contributed by atoms with Gasteiger partial charge in [-0.2, -0.15) is 0 Å². The summed E-state index contributed by atoms with van der Waals surface area (Å²) >= 11 is 0. The van der Waals surface area contributed by atoms with E-state index in [-0.39, 0.29) is 11.8 Å². The summed E-state index contributed by atoms with van der Waals surface area (Å²) in [5, 5.41) is 0. The van der Waals surface area contributed by atoms with Crippen molar-refractivity contribution in [3.8, 4) is 0 Å². The number of H-pyrrole nitrogens is 2. The van der Waals surface area contributed by atoms with Crippen molar-refractivity contribution in [1.82, 2.24) is 9.97 Å². The van der Waals surface area contributed by atoms with Crippen LogP contribution in [0.4, 0.5) is 0 Å². The van der Waals surface area contributed by atoms with Crippen molar-refractivity contribution in [2.24, 2.45) is 9.98 Å². The lowest BCUT2D eigenvalue weighted by atomic mass is 9.82. The highest BCUT2D eigenvalue weighted by Crippen LogP contribution is 2.43. The zero-order chi connectivity index (χ0) is 46.5. The summed E-state index contributed by atoms with van der Waals surface area (Å²) < 4.78 is 0. The Hall–Kier alpha value is -7.82. The van der Waals surface area contributed by atoms with E-state index < -0.39 is 0 Å². The van der Waals surface area contributed by atoms with Gasteiger partial charge >= 0.3 is 0 Å². The molecule has 3 aliphatic heterocycles. The van der Waals surface area contributed by atoms with Crippen LogP contribution in [-0.2, 0) is 0 Å². The largest absolute Gasteiger partial charge is 0.355 e. The predicted octanol–water partition coefficient (Wildman–Crippen LogP) is 16.3.